The molecule has 5 heteroatoms. The second kappa shape index (κ2) is 6.12. The largest absolute Gasteiger partial charge is 0.493 e. The minimum Gasteiger partial charge on any atom is -0.493 e. The van der Waals surface area contributed by atoms with E-state index in [2.05, 4.69) is 21.2 Å². The summed E-state index contributed by atoms with van der Waals surface area (Å²) in [5.41, 5.74) is 1.51. The van der Waals surface area contributed by atoms with Crippen molar-refractivity contribution in [3.05, 3.63) is 63.6 Å². The molecule has 1 unspecified atom stereocenters. The average molecular weight is 354 g/mol. The topological polar surface area (TPSA) is 21.3 Å². The van der Waals surface area contributed by atoms with E-state index >= 15 is 0 Å². The molecular weight excluding hydrogens is 340 g/mol. The van der Waals surface area contributed by atoms with E-state index in [9.17, 15) is 8.78 Å². The number of rotatable bonds is 3. The first-order valence-corrected chi connectivity index (χ1v) is 7.52. The highest BCUT2D eigenvalue weighted by Crippen LogP contribution is 2.34. The minimum absolute atomic E-state index is 0.0932. The summed E-state index contributed by atoms with van der Waals surface area (Å²) in [7, 11) is 0. The lowest BCUT2D eigenvalue weighted by Crippen LogP contribution is -2.27. The Hall–Kier alpha value is -1.46. The molecule has 21 heavy (non-hydrogen) atoms. The van der Waals surface area contributed by atoms with Crippen molar-refractivity contribution in [1.82, 2.24) is 5.32 Å². The Morgan fingerprint density at radius 3 is 2.86 bits per heavy atom. The van der Waals surface area contributed by atoms with E-state index < -0.39 is 11.6 Å². The highest BCUT2D eigenvalue weighted by Gasteiger charge is 2.21. The second-order valence-corrected chi connectivity index (χ2v) is 5.90. The Labute approximate surface area is 130 Å². The number of ether oxygens (including phenoxy) is 1. The maximum atomic E-state index is 13.7. The molecule has 1 heterocycles. The van der Waals surface area contributed by atoms with Crippen LogP contribution >= 0.6 is 15.9 Å². The third-order valence-electron chi connectivity index (χ3n) is 3.57. The molecule has 0 saturated carbocycles. The van der Waals surface area contributed by atoms with Gasteiger partial charge in [-0.15, -0.1) is 0 Å². The van der Waals surface area contributed by atoms with Gasteiger partial charge in [0.2, 0.25) is 0 Å². The van der Waals surface area contributed by atoms with Gasteiger partial charge < -0.3 is 10.1 Å². The van der Waals surface area contributed by atoms with Crippen molar-refractivity contribution in [3.8, 4) is 5.75 Å². The fourth-order valence-corrected chi connectivity index (χ4v) is 2.85. The Balaban J connectivity index is 1.76. The Morgan fingerprint density at radius 2 is 2.05 bits per heavy atom. The van der Waals surface area contributed by atoms with Gasteiger partial charge in [-0.05, 0) is 24.3 Å². The van der Waals surface area contributed by atoms with E-state index in [1.807, 2.05) is 18.2 Å². The van der Waals surface area contributed by atoms with Crippen LogP contribution in [-0.2, 0) is 6.54 Å². The molecule has 1 N–H and O–H groups in total. The molecular formula is C16H14BrF2NO. The predicted molar refractivity (Wildman–Crippen MR) is 80.2 cm³/mol. The summed E-state index contributed by atoms with van der Waals surface area (Å²) < 4.78 is 33.1. The molecule has 2 aromatic carbocycles. The molecule has 1 aliphatic heterocycles. The molecule has 0 amide bonds. The lowest BCUT2D eigenvalue weighted by atomic mass is 10.0. The molecule has 0 radical (unpaired) electrons. The van der Waals surface area contributed by atoms with Gasteiger partial charge in [0.05, 0.1) is 6.61 Å². The molecule has 1 aliphatic rings. The SMILES string of the molecule is Fc1ccc(CNC2CCOc3ccc(Br)cc32)c(F)c1. The van der Waals surface area contributed by atoms with Gasteiger partial charge in [-0.25, -0.2) is 8.78 Å². The van der Waals surface area contributed by atoms with Crippen LogP contribution in [0.4, 0.5) is 8.78 Å². The molecule has 2 nitrogen and oxygen atoms in total. The molecule has 0 fully saturated rings. The lowest BCUT2D eigenvalue weighted by Gasteiger charge is -2.27. The summed E-state index contributed by atoms with van der Waals surface area (Å²) >= 11 is 3.45. The monoisotopic (exact) mass is 353 g/mol. The summed E-state index contributed by atoms with van der Waals surface area (Å²) in [6.45, 7) is 0.973. The first-order chi connectivity index (χ1) is 10.1. The fourth-order valence-electron chi connectivity index (χ4n) is 2.48. The van der Waals surface area contributed by atoms with Gasteiger partial charge in [-0.2, -0.15) is 0 Å². The van der Waals surface area contributed by atoms with Crippen molar-refractivity contribution in [1.29, 1.82) is 0 Å². The van der Waals surface area contributed by atoms with Crippen LogP contribution in [0.5, 0.6) is 5.75 Å². The van der Waals surface area contributed by atoms with Gasteiger partial charge in [0.15, 0.2) is 0 Å². The first-order valence-electron chi connectivity index (χ1n) is 6.73. The van der Waals surface area contributed by atoms with Crippen molar-refractivity contribution < 1.29 is 13.5 Å². The summed E-state index contributed by atoms with van der Waals surface area (Å²) in [6, 6.07) is 9.61. The van der Waals surface area contributed by atoms with Crippen molar-refractivity contribution in [2.75, 3.05) is 6.61 Å². The van der Waals surface area contributed by atoms with Crippen molar-refractivity contribution in [2.45, 2.75) is 19.0 Å². The van der Waals surface area contributed by atoms with Gasteiger partial charge in [0.1, 0.15) is 17.4 Å². The van der Waals surface area contributed by atoms with Crippen LogP contribution in [0, 0.1) is 11.6 Å². The highest BCUT2D eigenvalue weighted by molar-refractivity contribution is 9.10. The van der Waals surface area contributed by atoms with Gasteiger partial charge in [-0.1, -0.05) is 22.0 Å². The van der Waals surface area contributed by atoms with E-state index in [1.54, 1.807) is 0 Å². The summed E-state index contributed by atoms with van der Waals surface area (Å²) in [6.07, 6.45) is 0.812. The van der Waals surface area contributed by atoms with Gasteiger partial charge >= 0.3 is 0 Å². The highest BCUT2D eigenvalue weighted by atomic mass is 79.9. The Bertz CT molecular complexity index is 663. The molecule has 0 aliphatic carbocycles. The molecule has 0 aromatic heterocycles. The number of fused-ring (bicyclic) bond motifs is 1. The first kappa shape index (κ1) is 14.5. The molecule has 110 valence electrons. The zero-order chi connectivity index (χ0) is 14.8. The Morgan fingerprint density at radius 1 is 1.19 bits per heavy atom. The van der Waals surface area contributed by atoms with Crippen LogP contribution in [0.1, 0.15) is 23.6 Å². The number of halogens is 3. The van der Waals surface area contributed by atoms with Gasteiger partial charge in [-0.3, -0.25) is 0 Å². The van der Waals surface area contributed by atoms with Crippen LogP contribution in [0.2, 0.25) is 0 Å². The molecule has 0 spiro atoms. The van der Waals surface area contributed by atoms with Crippen LogP contribution in [0.15, 0.2) is 40.9 Å². The van der Waals surface area contributed by atoms with E-state index in [0.29, 0.717) is 18.7 Å². The van der Waals surface area contributed by atoms with Crippen LogP contribution < -0.4 is 10.1 Å². The van der Waals surface area contributed by atoms with E-state index in [1.165, 1.54) is 12.1 Å². The fraction of sp³-hybridized carbons (Fsp3) is 0.250. The average Bonchev–Trinajstić information content (AvgIpc) is 2.46. The van der Waals surface area contributed by atoms with Crippen molar-refractivity contribution in [2.24, 2.45) is 0 Å². The Kier molecular flexibility index (Phi) is 4.22. The van der Waals surface area contributed by atoms with Gasteiger partial charge in [0, 0.05) is 40.7 Å². The maximum absolute atomic E-state index is 13.7. The summed E-state index contributed by atoms with van der Waals surface area (Å²) in [5, 5.41) is 3.32. The molecule has 0 saturated heterocycles. The zero-order valence-electron chi connectivity index (χ0n) is 11.2. The number of benzene rings is 2. The van der Waals surface area contributed by atoms with E-state index in [0.717, 1.165) is 28.3 Å². The third-order valence-corrected chi connectivity index (χ3v) is 4.06. The summed E-state index contributed by atoms with van der Waals surface area (Å²) in [4.78, 5) is 0. The lowest BCUT2D eigenvalue weighted by molar-refractivity contribution is 0.252. The molecule has 2 aromatic rings. The van der Waals surface area contributed by atoms with Crippen LogP contribution in [-0.4, -0.2) is 6.61 Å². The minimum atomic E-state index is -0.559. The van der Waals surface area contributed by atoms with Crippen molar-refractivity contribution in [3.63, 3.8) is 0 Å². The number of hydrogen-bond acceptors (Lipinski definition) is 2. The van der Waals surface area contributed by atoms with Gasteiger partial charge in [0.25, 0.3) is 0 Å². The number of nitrogens with one attached hydrogen (secondary N) is 1. The zero-order valence-corrected chi connectivity index (χ0v) is 12.8. The van der Waals surface area contributed by atoms with Crippen LogP contribution in [0.25, 0.3) is 0 Å². The quantitative estimate of drug-likeness (QED) is 0.885. The number of hydrogen-bond donors (Lipinski definition) is 1. The summed E-state index contributed by atoms with van der Waals surface area (Å²) in [5.74, 6) is -0.234. The normalized spacial score (nSPS) is 17.2. The predicted octanol–water partition coefficient (Wildman–Crippen LogP) is 4.34. The molecule has 1 atom stereocenters. The second-order valence-electron chi connectivity index (χ2n) is 4.99. The van der Waals surface area contributed by atoms with E-state index in [4.69, 9.17) is 4.74 Å². The smallest absolute Gasteiger partial charge is 0.130 e. The standard InChI is InChI=1S/C16H14BrF2NO/c17-11-2-4-16-13(7-11)15(5-6-21-16)20-9-10-1-3-12(18)8-14(10)19/h1-4,7-8,15,20H,5-6,9H2. The molecule has 0 bridgehead atoms. The van der Waals surface area contributed by atoms with E-state index in [-0.39, 0.29) is 6.04 Å². The van der Waals surface area contributed by atoms with Crippen molar-refractivity contribution >= 4 is 15.9 Å². The van der Waals surface area contributed by atoms with Crippen LogP contribution in [0.3, 0.4) is 0 Å². The molecule has 3 rings (SSSR count). The third kappa shape index (κ3) is 3.24. The maximum Gasteiger partial charge on any atom is 0.130 e.